The van der Waals surface area contributed by atoms with Crippen molar-refractivity contribution in [3.05, 3.63) is 35.6 Å². The van der Waals surface area contributed by atoms with Gasteiger partial charge in [-0.2, -0.15) is 0 Å². The van der Waals surface area contributed by atoms with Gasteiger partial charge in [0.15, 0.2) is 0 Å². The molecule has 0 bridgehead atoms. The largest absolute Gasteiger partial charge is 0.438 e. The Labute approximate surface area is 104 Å². The summed E-state index contributed by atoms with van der Waals surface area (Å²) in [6, 6.07) is 5.43. The molecule has 0 saturated carbocycles. The Hall–Kier alpha value is -1.95. The van der Waals surface area contributed by atoms with E-state index in [0.717, 1.165) is 0 Å². The minimum atomic E-state index is -0.369. The van der Waals surface area contributed by atoms with Crippen LogP contribution in [0, 0.1) is 5.82 Å². The summed E-state index contributed by atoms with van der Waals surface area (Å²) in [5, 5.41) is 1.45. The van der Waals surface area contributed by atoms with Crippen molar-refractivity contribution in [2.75, 3.05) is 26.2 Å². The van der Waals surface area contributed by atoms with Crippen molar-refractivity contribution in [3.8, 4) is 0 Å². The highest BCUT2D eigenvalue weighted by molar-refractivity contribution is 5.94. The molecule has 0 aromatic heterocycles. The summed E-state index contributed by atoms with van der Waals surface area (Å²) in [7, 11) is 0. The second kappa shape index (κ2) is 5.59. The van der Waals surface area contributed by atoms with Crippen LogP contribution in [0.2, 0.25) is 0 Å². The third kappa shape index (κ3) is 2.84. The van der Waals surface area contributed by atoms with Gasteiger partial charge in [-0.25, -0.2) is 9.18 Å². The minimum absolute atomic E-state index is 0.148. The number of hydrogen-bond donors (Lipinski definition) is 0. The van der Waals surface area contributed by atoms with Gasteiger partial charge in [0.2, 0.25) is 0 Å². The van der Waals surface area contributed by atoms with Crippen LogP contribution in [0.3, 0.4) is 0 Å². The summed E-state index contributed by atoms with van der Waals surface area (Å²) in [6.45, 7) is 3.16. The Kier molecular flexibility index (Phi) is 3.88. The summed E-state index contributed by atoms with van der Waals surface area (Å²) in [5.74, 6) is -0.518. The van der Waals surface area contributed by atoms with E-state index >= 15 is 0 Å². The number of hydroxylamine groups is 2. The number of carbonyl (C=O) groups excluding carboxylic acids is 2. The second-order valence-corrected chi connectivity index (χ2v) is 3.90. The van der Waals surface area contributed by atoms with Crippen LogP contribution in [0.4, 0.5) is 4.39 Å². The third-order valence-electron chi connectivity index (χ3n) is 2.78. The number of hydrogen-bond acceptors (Lipinski definition) is 4. The fourth-order valence-electron chi connectivity index (χ4n) is 1.81. The molecule has 1 heterocycles. The Bertz CT molecular complexity index is 427. The van der Waals surface area contributed by atoms with E-state index in [1.165, 1.54) is 35.8 Å². The number of amides is 1. The van der Waals surface area contributed by atoms with Gasteiger partial charge in [0.1, 0.15) is 5.82 Å². The molecule has 1 aromatic carbocycles. The van der Waals surface area contributed by atoms with Crippen molar-refractivity contribution >= 4 is 12.4 Å². The second-order valence-electron chi connectivity index (χ2n) is 3.90. The van der Waals surface area contributed by atoms with E-state index < -0.39 is 0 Å². The molecule has 1 fully saturated rings. The molecule has 1 aromatic rings. The molecule has 1 saturated heterocycles. The smallest absolute Gasteiger partial charge is 0.359 e. The van der Waals surface area contributed by atoms with Crippen LogP contribution in [0.1, 0.15) is 10.4 Å². The molecular formula is C12H12FN2O3. The molecule has 2 rings (SSSR count). The lowest BCUT2D eigenvalue weighted by Gasteiger charge is -2.32. The normalized spacial score (nSPS) is 16.4. The summed E-state index contributed by atoms with van der Waals surface area (Å²) in [4.78, 5) is 28.3. The molecule has 6 heteroatoms. The van der Waals surface area contributed by atoms with Crippen molar-refractivity contribution < 1.29 is 18.8 Å². The first kappa shape index (κ1) is 12.5. The van der Waals surface area contributed by atoms with Gasteiger partial charge in [-0.05, 0) is 24.3 Å². The Morgan fingerprint density at radius 1 is 1.17 bits per heavy atom. The molecule has 0 spiro atoms. The number of rotatable bonds is 3. The lowest BCUT2D eigenvalue weighted by molar-refractivity contribution is -0.0971. The quantitative estimate of drug-likeness (QED) is 0.788. The van der Waals surface area contributed by atoms with Crippen LogP contribution in [0.15, 0.2) is 24.3 Å². The van der Waals surface area contributed by atoms with E-state index in [1.807, 2.05) is 0 Å². The van der Waals surface area contributed by atoms with Crippen LogP contribution in [0.25, 0.3) is 0 Å². The van der Waals surface area contributed by atoms with E-state index in [9.17, 15) is 14.0 Å². The highest BCUT2D eigenvalue weighted by atomic mass is 19.1. The SMILES string of the molecule is O=[C]ON1CCN(C(=O)c2ccc(F)cc2)CC1. The topological polar surface area (TPSA) is 49.9 Å². The van der Waals surface area contributed by atoms with E-state index in [4.69, 9.17) is 0 Å². The predicted octanol–water partition coefficient (Wildman–Crippen LogP) is 0.582. The number of carbonyl (C=O) groups is 1. The molecule has 1 amide bonds. The van der Waals surface area contributed by atoms with Gasteiger partial charge in [0.05, 0.1) is 13.1 Å². The molecule has 0 unspecified atom stereocenters. The molecule has 0 atom stereocenters. The van der Waals surface area contributed by atoms with E-state index in [2.05, 4.69) is 4.84 Å². The summed E-state index contributed by atoms with van der Waals surface area (Å²) < 4.78 is 12.7. The summed E-state index contributed by atoms with van der Waals surface area (Å²) >= 11 is 0. The van der Waals surface area contributed by atoms with Gasteiger partial charge >= 0.3 is 6.47 Å². The zero-order chi connectivity index (χ0) is 13.0. The fraction of sp³-hybridized carbons (Fsp3) is 0.333. The number of benzene rings is 1. The lowest BCUT2D eigenvalue weighted by atomic mass is 10.2. The molecule has 5 nitrogen and oxygen atoms in total. The average Bonchev–Trinajstić information content (AvgIpc) is 2.40. The Morgan fingerprint density at radius 3 is 2.33 bits per heavy atom. The van der Waals surface area contributed by atoms with Gasteiger partial charge in [-0.15, -0.1) is 5.06 Å². The first-order valence-corrected chi connectivity index (χ1v) is 5.54. The molecule has 1 aliphatic heterocycles. The van der Waals surface area contributed by atoms with Crippen LogP contribution in [-0.2, 0) is 9.63 Å². The highest BCUT2D eigenvalue weighted by Crippen LogP contribution is 2.09. The maximum atomic E-state index is 12.7. The molecule has 95 valence electrons. The van der Waals surface area contributed by atoms with Gasteiger partial charge in [-0.3, -0.25) is 4.79 Å². The van der Waals surface area contributed by atoms with Gasteiger partial charge in [0.25, 0.3) is 5.91 Å². The van der Waals surface area contributed by atoms with Gasteiger partial charge < -0.3 is 9.74 Å². The van der Waals surface area contributed by atoms with E-state index in [1.54, 1.807) is 4.90 Å². The number of piperazine rings is 1. The van der Waals surface area contributed by atoms with Crippen LogP contribution < -0.4 is 0 Å². The molecule has 1 radical (unpaired) electrons. The van der Waals surface area contributed by atoms with Crippen molar-refractivity contribution in [1.82, 2.24) is 9.96 Å². The monoisotopic (exact) mass is 251 g/mol. The Morgan fingerprint density at radius 2 is 1.78 bits per heavy atom. The van der Waals surface area contributed by atoms with Crippen molar-refractivity contribution in [1.29, 1.82) is 0 Å². The van der Waals surface area contributed by atoms with E-state index in [0.29, 0.717) is 31.7 Å². The standard InChI is InChI=1S/C12H12FN2O3/c13-11-3-1-10(2-4-11)12(17)14-5-7-15(8-6-14)18-9-16/h1-4H,5-8H2. The maximum absolute atomic E-state index is 12.7. The minimum Gasteiger partial charge on any atom is -0.359 e. The first-order valence-electron chi connectivity index (χ1n) is 5.54. The highest BCUT2D eigenvalue weighted by Gasteiger charge is 2.22. The van der Waals surface area contributed by atoms with Crippen molar-refractivity contribution in [3.63, 3.8) is 0 Å². The first-order chi connectivity index (χ1) is 8.70. The predicted molar refractivity (Wildman–Crippen MR) is 60.7 cm³/mol. The zero-order valence-electron chi connectivity index (χ0n) is 9.63. The summed E-state index contributed by atoms with van der Waals surface area (Å²) in [6.07, 6.45) is 0. The molecular weight excluding hydrogens is 239 g/mol. The Balaban J connectivity index is 1.95. The zero-order valence-corrected chi connectivity index (χ0v) is 9.63. The van der Waals surface area contributed by atoms with Crippen LogP contribution >= 0.6 is 0 Å². The van der Waals surface area contributed by atoms with Gasteiger partial charge in [-0.1, -0.05) is 0 Å². The van der Waals surface area contributed by atoms with Crippen molar-refractivity contribution in [2.45, 2.75) is 0 Å². The molecule has 18 heavy (non-hydrogen) atoms. The van der Waals surface area contributed by atoms with Crippen molar-refractivity contribution in [2.24, 2.45) is 0 Å². The molecule has 1 aliphatic rings. The van der Waals surface area contributed by atoms with Gasteiger partial charge in [0, 0.05) is 18.7 Å². The van der Waals surface area contributed by atoms with Crippen LogP contribution in [0.5, 0.6) is 0 Å². The molecule has 0 aliphatic carbocycles. The van der Waals surface area contributed by atoms with Crippen LogP contribution in [-0.4, -0.2) is 48.5 Å². The molecule has 0 N–H and O–H groups in total. The average molecular weight is 251 g/mol. The lowest BCUT2D eigenvalue weighted by Crippen LogP contribution is -2.48. The van der Waals surface area contributed by atoms with E-state index in [-0.39, 0.29) is 11.7 Å². The maximum Gasteiger partial charge on any atom is 0.438 e. The number of halogens is 1. The fourth-order valence-corrected chi connectivity index (χ4v) is 1.81. The summed E-state index contributed by atoms with van der Waals surface area (Å²) in [5.41, 5.74) is 0.452. The third-order valence-corrected chi connectivity index (χ3v) is 2.78. The number of nitrogens with zero attached hydrogens (tertiary/aromatic N) is 2.